The SMILES string of the molecule is CC(O)(CNC(=O)c1cccs1)c1cccs1. The summed E-state index contributed by atoms with van der Waals surface area (Å²) < 4.78 is 0. The van der Waals surface area contributed by atoms with Crippen molar-refractivity contribution in [2.75, 3.05) is 6.54 Å². The fraction of sp³-hybridized carbons (Fsp3) is 0.250. The summed E-state index contributed by atoms with van der Waals surface area (Å²) in [6.45, 7) is 1.91. The molecule has 0 aliphatic rings. The molecule has 0 radical (unpaired) electrons. The number of carbonyl (C=O) groups is 1. The molecule has 0 fully saturated rings. The van der Waals surface area contributed by atoms with Crippen LogP contribution in [-0.2, 0) is 5.60 Å². The van der Waals surface area contributed by atoms with Gasteiger partial charge >= 0.3 is 0 Å². The van der Waals surface area contributed by atoms with Crippen LogP contribution < -0.4 is 5.32 Å². The third kappa shape index (κ3) is 2.94. The van der Waals surface area contributed by atoms with E-state index >= 15 is 0 Å². The van der Waals surface area contributed by atoms with Gasteiger partial charge < -0.3 is 10.4 Å². The summed E-state index contributed by atoms with van der Waals surface area (Å²) in [5.41, 5.74) is -1.01. The van der Waals surface area contributed by atoms with E-state index in [2.05, 4.69) is 5.32 Å². The number of nitrogens with one attached hydrogen (secondary N) is 1. The Bertz CT molecular complexity index is 475. The third-order valence-electron chi connectivity index (χ3n) is 2.39. The molecular weight excluding hydrogens is 254 g/mol. The van der Waals surface area contributed by atoms with Gasteiger partial charge in [-0.2, -0.15) is 0 Å². The summed E-state index contributed by atoms with van der Waals surface area (Å²) in [5.74, 6) is -0.142. The van der Waals surface area contributed by atoms with Crippen molar-refractivity contribution in [1.29, 1.82) is 0 Å². The van der Waals surface area contributed by atoms with Crippen LogP contribution in [0.3, 0.4) is 0 Å². The van der Waals surface area contributed by atoms with Gasteiger partial charge in [-0.15, -0.1) is 22.7 Å². The highest BCUT2D eigenvalue weighted by atomic mass is 32.1. The Morgan fingerprint density at radius 2 is 2.06 bits per heavy atom. The predicted molar refractivity (Wildman–Crippen MR) is 70.5 cm³/mol. The van der Waals surface area contributed by atoms with Gasteiger partial charge in [-0.1, -0.05) is 12.1 Å². The minimum atomic E-state index is -1.01. The van der Waals surface area contributed by atoms with Gasteiger partial charge in [0.15, 0.2) is 0 Å². The Hall–Kier alpha value is -1.17. The zero-order chi connectivity index (χ0) is 12.3. The zero-order valence-electron chi connectivity index (χ0n) is 9.34. The molecule has 0 saturated heterocycles. The Labute approximate surface area is 108 Å². The molecule has 0 bridgehead atoms. The van der Waals surface area contributed by atoms with E-state index in [0.29, 0.717) is 4.88 Å². The maximum absolute atomic E-state index is 11.7. The lowest BCUT2D eigenvalue weighted by molar-refractivity contribution is 0.0558. The van der Waals surface area contributed by atoms with Crippen LogP contribution in [0.2, 0.25) is 0 Å². The molecule has 1 amide bonds. The second-order valence-electron chi connectivity index (χ2n) is 3.91. The number of carbonyl (C=O) groups excluding carboxylic acids is 1. The van der Waals surface area contributed by atoms with Gasteiger partial charge in [-0.3, -0.25) is 4.79 Å². The van der Waals surface area contributed by atoms with Crippen LogP contribution in [0.15, 0.2) is 35.0 Å². The van der Waals surface area contributed by atoms with E-state index in [1.807, 2.05) is 29.0 Å². The largest absolute Gasteiger partial charge is 0.383 e. The number of amides is 1. The van der Waals surface area contributed by atoms with E-state index in [0.717, 1.165) is 4.88 Å². The Kier molecular flexibility index (Phi) is 3.61. The summed E-state index contributed by atoms with van der Waals surface area (Å²) in [6.07, 6.45) is 0. The van der Waals surface area contributed by atoms with Gasteiger partial charge in [-0.05, 0) is 29.8 Å². The minimum absolute atomic E-state index is 0.142. The summed E-state index contributed by atoms with van der Waals surface area (Å²) in [7, 11) is 0. The van der Waals surface area contributed by atoms with E-state index in [-0.39, 0.29) is 12.5 Å². The standard InChI is InChI=1S/C12H13NO2S2/c1-12(15,10-5-3-7-17-10)8-13-11(14)9-4-2-6-16-9/h2-7,15H,8H2,1H3,(H,13,14). The number of hydrogen-bond acceptors (Lipinski definition) is 4. The first-order valence-corrected chi connectivity index (χ1v) is 6.93. The van der Waals surface area contributed by atoms with E-state index in [1.54, 1.807) is 13.0 Å². The second-order valence-corrected chi connectivity index (χ2v) is 5.81. The Morgan fingerprint density at radius 1 is 1.35 bits per heavy atom. The van der Waals surface area contributed by atoms with Crippen molar-refractivity contribution in [2.24, 2.45) is 0 Å². The van der Waals surface area contributed by atoms with Crippen molar-refractivity contribution in [3.05, 3.63) is 44.8 Å². The van der Waals surface area contributed by atoms with Crippen LogP contribution in [0.1, 0.15) is 21.5 Å². The van der Waals surface area contributed by atoms with E-state index in [1.165, 1.54) is 22.7 Å². The zero-order valence-corrected chi connectivity index (χ0v) is 11.0. The van der Waals surface area contributed by atoms with Crippen LogP contribution in [0.25, 0.3) is 0 Å². The lowest BCUT2D eigenvalue weighted by Gasteiger charge is -2.22. The van der Waals surface area contributed by atoms with Crippen LogP contribution in [0.5, 0.6) is 0 Å². The molecule has 5 heteroatoms. The highest BCUT2D eigenvalue weighted by Crippen LogP contribution is 2.24. The summed E-state index contributed by atoms with van der Waals surface area (Å²) in [4.78, 5) is 13.2. The average Bonchev–Trinajstić information content (AvgIpc) is 2.97. The predicted octanol–water partition coefficient (Wildman–Crippen LogP) is 2.45. The van der Waals surface area contributed by atoms with Gasteiger partial charge in [0.1, 0.15) is 5.60 Å². The van der Waals surface area contributed by atoms with Crippen LogP contribution in [0.4, 0.5) is 0 Å². The minimum Gasteiger partial charge on any atom is -0.383 e. The number of aliphatic hydroxyl groups is 1. The lowest BCUT2D eigenvalue weighted by atomic mass is 10.1. The second kappa shape index (κ2) is 5.00. The maximum atomic E-state index is 11.7. The molecule has 3 nitrogen and oxygen atoms in total. The molecule has 0 spiro atoms. The smallest absolute Gasteiger partial charge is 0.261 e. The molecule has 2 rings (SSSR count). The number of rotatable bonds is 4. The van der Waals surface area contributed by atoms with E-state index in [4.69, 9.17) is 0 Å². The Morgan fingerprint density at radius 3 is 2.65 bits per heavy atom. The van der Waals surface area contributed by atoms with Gasteiger partial charge in [0.05, 0.1) is 11.4 Å². The molecular formula is C12H13NO2S2. The molecule has 2 N–H and O–H groups in total. The van der Waals surface area contributed by atoms with E-state index < -0.39 is 5.60 Å². The molecule has 2 aromatic heterocycles. The van der Waals surface area contributed by atoms with Crippen molar-refractivity contribution in [1.82, 2.24) is 5.32 Å². The van der Waals surface area contributed by atoms with Crippen molar-refractivity contribution in [3.8, 4) is 0 Å². The molecule has 0 aliphatic carbocycles. The van der Waals surface area contributed by atoms with Gasteiger partial charge in [0, 0.05) is 4.88 Å². The first-order chi connectivity index (χ1) is 8.09. The molecule has 1 atom stereocenters. The maximum Gasteiger partial charge on any atom is 0.261 e. The van der Waals surface area contributed by atoms with E-state index in [9.17, 15) is 9.90 Å². The van der Waals surface area contributed by atoms with Crippen molar-refractivity contribution in [3.63, 3.8) is 0 Å². The highest BCUT2D eigenvalue weighted by molar-refractivity contribution is 7.12. The third-order valence-corrected chi connectivity index (χ3v) is 4.38. The molecule has 0 aliphatic heterocycles. The Balaban J connectivity index is 1.96. The van der Waals surface area contributed by atoms with Crippen molar-refractivity contribution in [2.45, 2.75) is 12.5 Å². The number of thiophene rings is 2. The summed E-state index contributed by atoms with van der Waals surface area (Å²) in [6, 6.07) is 7.34. The van der Waals surface area contributed by atoms with Gasteiger partial charge in [0.25, 0.3) is 5.91 Å². The van der Waals surface area contributed by atoms with Crippen molar-refractivity contribution >= 4 is 28.6 Å². The lowest BCUT2D eigenvalue weighted by Crippen LogP contribution is -2.37. The molecule has 2 heterocycles. The fourth-order valence-electron chi connectivity index (χ4n) is 1.42. The summed E-state index contributed by atoms with van der Waals surface area (Å²) in [5, 5.41) is 16.7. The van der Waals surface area contributed by atoms with Crippen molar-refractivity contribution < 1.29 is 9.90 Å². The molecule has 90 valence electrons. The fourth-order valence-corrected chi connectivity index (χ4v) is 2.85. The molecule has 17 heavy (non-hydrogen) atoms. The normalized spacial score (nSPS) is 14.2. The van der Waals surface area contributed by atoms with Crippen LogP contribution in [-0.4, -0.2) is 17.6 Å². The van der Waals surface area contributed by atoms with Crippen LogP contribution >= 0.6 is 22.7 Å². The molecule has 2 aromatic rings. The van der Waals surface area contributed by atoms with Gasteiger partial charge in [-0.25, -0.2) is 0 Å². The first-order valence-electron chi connectivity index (χ1n) is 5.18. The first kappa shape index (κ1) is 12.3. The monoisotopic (exact) mass is 267 g/mol. The summed E-state index contributed by atoms with van der Waals surface area (Å²) >= 11 is 2.87. The quantitative estimate of drug-likeness (QED) is 0.894. The topological polar surface area (TPSA) is 49.3 Å². The highest BCUT2D eigenvalue weighted by Gasteiger charge is 2.25. The molecule has 0 saturated carbocycles. The van der Waals surface area contributed by atoms with Crippen LogP contribution in [0, 0.1) is 0 Å². The molecule has 0 aromatic carbocycles. The van der Waals surface area contributed by atoms with Gasteiger partial charge in [0.2, 0.25) is 0 Å². The number of hydrogen-bond donors (Lipinski definition) is 2. The molecule has 1 unspecified atom stereocenters. The average molecular weight is 267 g/mol.